The van der Waals surface area contributed by atoms with Gasteiger partial charge >= 0.3 is 0 Å². The number of fused-ring (bicyclic) bond motifs is 4. The third-order valence-electron chi connectivity index (χ3n) is 7.37. The highest BCUT2D eigenvalue weighted by molar-refractivity contribution is 6.31. The van der Waals surface area contributed by atoms with Gasteiger partial charge in [0.1, 0.15) is 11.6 Å². The van der Waals surface area contributed by atoms with Gasteiger partial charge in [0, 0.05) is 28.5 Å². The second-order valence-electron chi connectivity index (χ2n) is 10.2. The summed E-state index contributed by atoms with van der Waals surface area (Å²) in [5.74, 6) is 0.599. The third-order valence-corrected chi connectivity index (χ3v) is 7.61. The van der Waals surface area contributed by atoms with Gasteiger partial charge in [-0.2, -0.15) is 4.98 Å². The van der Waals surface area contributed by atoms with E-state index < -0.39 is 11.4 Å². The van der Waals surface area contributed by atoms with E-state index in [1.807, 2.05) is 56.5 Å². The molecule has 1 N–H and O–H groups in total. The van der Waals surface area contributed by atoms with Crippen molar-refractivity contribution in [3.05, 3.63) is 81.5 Å². The number of nitrogens with one attached hydrogen (secondary N) is 1. The summed E-state index contributed by atoms with van der Waals surface area (Å²) in [6.07, 6.45) is 1.64. The summed E-state index contributed by atoms with van der Waals surface area (Å²) in [7, 11) is 1.53. The molecule has 4 heterocycles. The largest absolute Gasteiger partial charge is 0.480 e. The first-order valence-corrected chi connectivity index (χ1v) is 13.0. The molecular weight excluding hydrogens is 516 g/mol. The van der Waals surface area contributed by atoms with E-state index in [4.69, 9.17) is 21.3 Å². The second kappa shape index (κ2) is 8.64. The molecule has 9 nitrogen and oxygen atoms in total. The first kappa shape index (κ1) is 25.1. The van der Waals surface area contributed by atoms with Crippen LogP contribution in [-0.2, 0) is 10.3 Å². The van der Waals surface area contributed by atoms with Gasteiger partial charge in [-0.1, -0.05) is 29.8 Å². The number of rotatable bonds is 4. The number of benzene rings is 2. The zero-order chi connectivity index (χ0) is 27.8. The molecule has 2 aliphatic rings. The van der Waals surface area contributed by atoms with E-state index in [1.54, 1.807) is 30.2 Å². The van der Waals surface area contributed by atoms with Gasteiger partial charge < -0.3 is 14.6 Å². The van der Waals surface area contributed by atoms with Gasteiger partial charge in [0.25, 0.3) is 11.8 Å². The van der Waals surface area contributed by atoms with Crippen LogP contribution in [0, 0.1) is 20.8 Å². The Morgan fingerprint density at radius 3 is 2.54 bits per heavy atom. The monoisotopic (exact) mass is 542 g/mol. The SMILES string of the molecule is COc1nc(C)ncc1-c1nc2c(n1C(C)C)C1(C(=O)Nc3cc(C)ccc31)N(c1cc(Cl)ccc1C)C2=O. The summed E-state index contributed by atoms with van der Waals surface area (Å²) in [6, 6.07) is 10.9. The molecule has 2 aromatic heterocycles. The number of carbonyl (C=O) groups excluding carboxylic acids is 2. The van der Waals surface area contributed by atoms with Crippen molar-refractivity contribution in [2.75, 3.05) is 17.3 Å². The highest BCUT2D eigenvalue weighted by atomic mass is 35.5. The van der Waals surface area contributed by atoms with Gasteiger partial charge in [-0.3, -0.25) is 14.5 Å². The molecule has 0 saturated heterocycles. The molecule has 1 unspecified atom stereocenters. The fourth-order valence-corrected chi connectivity index (χ4v) is 5.89. The van der Waals surface area contributed by atoms with Crippen molar-refractivity contribution in [3.63, 3.8) is 0 Å². The predicted octanol–water partition coefficient (Wildman–Crippen LogP) is 5.36. The van der Waals surface area contributed by atoms with E-state index in [1.165, 1.54) is 7.11 Å². The molecule has 1 spiro atoms. The summed E-state index contributed by atoms with van der Waals surface area (Å²) < 4.78 is 7.50. The maximum Gasteiger partial charge on any atom is 0.280 e. The van der Waals surface area contributed by atoms with Crippen molar-refractivity contribution in [1.82, 2.24) is 19.5 Å². The number of imidazole rings is 1. The van der Waals surface area contributed by atoms with Crippen LogP contribution < -0.4 is 15.0 Å². The highest BCUT2D eigenvalue weighted by Gasteiger charge is 2.64. The molecule has 39 heavy (non-hydrogen) atoms. The number of halogens is 1. The van der Waals surface area contributed by atoms with Crippen molar-refractivity contribution >= 4 is 34.8 Å². The van der Waals surface area contributed by atoms with Gasteiger partial charge in [-0.25, -0.2) is 9.97 Å². The lowest BCUT2D eigenvalue weighted by Gasteiger charge is -2.36. The van der Waals surface area contributed by atoms with E-state index in [-0.39, 0.29) is 17.6 Å². The first-order chi connectivity index (χ1) is 18.6. The highest BCUT2D eigenvalue weighted by Crippen LogP contribution is 2.55. The molecule has 0 radical (unpaired) electrons. The van der Waals surface area contributed by atoms with Crippen molar-refractivity contribution < 1.29 is 14.3 Å². The summed E-state index contributed by atoms with van der Waals surface area (Å²) in [5.41, 5.74) is 3.34. The molecule has 6 rings (SSSR count). The lowest BCUT2D eigenvalue weighted by atomic mass is 9.86. The van der Waals surface area contributed by atoms with Crippen LogP contribution in [0.25, 0.3) is 11.4 Å². The average Bonchev–Trinajstić information content (AvgIpc) is 3.49. The van der Waals surface area contributed by atoms with Gasteiger partial charge in [0.2, 0.25) is 5.88 Å². The Morgan fingerprint density at radius 1 is 1.05 bits per heavy atom. The second-order valence-corrected chi connectivity index (χ2v) is 10.7. The Bertz CT molecular complexity index is 1710. The minimum absolute atomic E-state index is 0.185. The summed E-state index contributed by atoms with van der Waals surface area (Å²) in [4.78, 5) is 44.0. The standard InChI is InChI=1S/C29H27ClN6O3/c1-14(2)35-24-23(34-25(35)19-13-31-17(5)32-26(19)39-6)27(37)36(22-12-18(30)9-8-16(22)4)29(24)20-10-7-15(3)11-21(20)33-28(29)38/h7-14H,1-6H3,(H,33,38). The number of amides is 2. The quantitative estimate of drug-likeness (QED) is 0.372. The van der Waals surface area contributed by atoms with Gasteiger partial charge in [-0.05, 0) is 63.9 Å². The molecular formula is C29H27ClN6O3. The maximum absolute atomic E-state index is 14.4. The molecule has 0 aliphatic carbocycles. The smallest absolute Gasteiger partial charge is 0.280 e. The number of hydrogen-bond donors (Lipinski definition) is 1. The van der Waals surface area contributed by atoms with Crippen LogP contribution in [0.2, 0.25) is 5.02 Å². The van der Waals surface area contributed by atoms with Crippen molar-refractivity contribution in [2.24, 2.45) is 0 Å². The fraction of sp³-hybridized carbons (Fsp3) is 0.276. The number of nitrogens with zero attached hydrogens (tertiary/aromatic N) is 5. The maximum atomic E-state index is 14.4. The fourth-order valence-electron chi connectivity index (χ4n) is 5.73. The minimum atomic E-state index is -1.51. The molecule has 4 aromatic rings. The molecule has 0 fully saturated rings. The van der Waals surface area contributed by atoms with Crippen molar-refractivity contribution in [2.45, 2.75) is 46.2 Å². The zero-order valence-corrected chi connectivity index (χ0v) is 23.2. The number of methoxy groups -OCH3 is 1. The third kappa shape index (κ3) is 3.35. The Morgan fingerprint density at radius 2 is 1.82 bits per heavy atom. The van der Waals surface area contributed by atoms with Gasteiger partial charge in [0.05, 0.1) is 24.1 Å². The van der Waals surface area contributed by atoms with Crippen LogP contribution in [0.15, 0.2) is 42.6 Å². The molecule has 10 heteroatoms. The Balaban J connectivity index is 1.74. The minimum Gasteiger partial charge on any atom is -0.480 e. The summed E-state index contributed by atoms with van der Waals surface area (Å²) in [6.45, 7) is 9.60. The lowest BCUT2D eigenvalue weighted by Crippen LogP contribution is -2.51. The molecule has 2 aromatic carbocycles. The molecule has 2 aliphatic heterocycles. The lowest BCUT2D eigenvalue weighted by molar-refractivity contribution is -0.119. The van der Waals surface area contributed by atoms with Gasteiger partial charge in [0.15, 0.2) is 11.2 Å². The number of aryl methyl sites for hydroxylation is 3. The zero-order valence-electron chi connectivity index (χ0n) is 22.5. The normalized spacial score (nSPS) is 17.7. The Labute approximate surface area is 230 Å². The van der Waals surface area contributed by atoms with E-state index in [0.29, 0.717) is 50.7 Å². The number of carbonyl (C=O) groups is 2. The van der Waals surface area contributed by atoms with Crippen LogP contribution in [0.4, 0.5) is 11.4 Å². The summed E-state index contributed by atoms with van der Waals surface area (Å²) >= 11 is 6.43. The molecule has 0 bridgehead atoms. The number of hydrogen-bond acceptors (Lipinski definition) is 6. The molecule has 0 saturated carbocycles. The van der Waals surface area contributed by atoms with Crippen molar-refractivity contribution in [1.29, 1.82) is 0 Å². The van der Waals surface area contributed by atoms with Gasteiger partial charge in [-0.15, -0.1) is 0 Å². The first-order valence-electron chi connectivity index (χ1n) is 12.6. The van der Waals surface area contributed by atoms with E-state index >= 15 is 0 Å². The summed E-state index contributed by atoms with van der Waals surface area (Å²) in [5, 5.41) is 3.51. The number of anilines is 2. The van der Waals surface area contributed by atoms with Crippen LogP contribution in [0.3, 0.4) is 0 Å². The van der Waals surface area contributed by atoms with Crippen molar-refractivity contribution in [3.8, 4) is 17.3 Å². The molecule has 198 valence electrons. The van der Waals surface area contributed by atoms with Crippen LogP contribution in [-0.4, -0.2) is 38.4 Å². The predicted molar refractivity (Wildman–Crippen MR) is 149 cm³/mol. The topological polar surface area (TPSA) is 102 Å². The van der Waals surface area contributed by atoms with E-state index in [2.05, 4.69) is 15.3 Å². The molecule has 1 atom stereocenters. The van der Waals surface area contributed by atoms with E-state index in [9.17, 15) is 9.59 Å². The Hall–Kier alpha value is -4.24. The molecule has 2 amide bonds. The average molecular weight is 543 g/mol. The van der Waals surface area contributed by atoms with Crippen LogP contribution in [0.5, 0.6) is 5.88 Å². The van der Waals surface area contributed by atoms with E-state index in [0.717, 1.165) is 11.1 Å². The van der Waals surface area contributed by atoms with Crippen LogP contribution in [0.1, 0.15) is 58.6 Å². The number of aromatic nitrogens is 4. The van der Waals surface area contributed by atoms with Crippen LogP contribution >= 0.6 is 11.6 Å². The number of ether oxygens (including phenoxy) is 1. The Kier molecular flexibility index (Phi) is 5.55.